The molecule has 19 heavy (non-hydrogen) atoms. The average Bonchev–Trinajstić information content (AvgIpc) is 3.06. The Kier molecular flexibility index (Phi) is 2.77. The summed E-state index contributed by atoms with van der Waals surface area (Å²) in [5, 5.41) is 0. The lowest BCUT2D eigenvalue weighted by atomic mass is 9.84. The normalized spacial score (nSPS) is 24.8. The van der Waals surface area contributed by atoms with Gasteiger partial charge >= 0.3 is 7.12 Å². The summed E-state index contributed by atoms with van der Waals surface area (Å²) in [6, 6.07) is 2.93. The van der Waals surface area contributed by atoms with Crippen molar-refractivity contribution in [2.45, 2.75) is 57.7 Å². The average molecular weight is 263 g/mol. The Hall–Kier alpha value is -0.935. The first-order valence-corrected chi connectivity index (χ1v) is 6.81. The van der Waals surface area contributed by atoms with Crippen molar-refractivity contribution in [1.29, 1.82) is 0 Å². The smallest absolute Gasteiger partial charge is 0.398 e. The van der Waals surface area contributed by atoms with Crippen LogP contribution in [0.25, 0.3) is 0 Å². The number of aromatic nitrogens is 1. The second-order valence-electron chi connectivity index (χ2n) is 6.50. The van der Waals surface area contributed by atoms with E-state index >= 15 is 0 Å². The monoisotopic (exact) mass is 263 g/mol. The molecule has 1 saturated heterocycles. The molecule has 1 aliphatic carbocycles. The van der Waals surface area contributed by atoms with E-state index in [1.165, 1.54) is 12.1 Å². The van der Waals surface area contributed by atoms with Gasteiger partial charge in [0.1, 0.15) is 5.82 Å². The first kappa shape index (κ1) is 13.1. The molecule has 102 valence electrons. The molecule has 3 rings (SSSR count). The van der Waals surface area contributed by atoms with Gasteiger partial charge in [0.15, 0.2) is 0 Å². The van der Waals surface area contributed by atoms with Crippen LogP contribution in [0.4, 0.5) is 4.39 Å². The van der Waals surface area contributed by atoms with Gasteiger partial charge in [0.25, 0.3) is 0 Å². The number of pyridine rings is 1. The van der Waals surface area contributed by atoms with E-state index in [4.69, 9.17) is 9.31 Å². The van der Waals surface area contributed by atoms with Crippen molar-refractivity contribution < 1.29 is 13.7 Å². The highest BCUT2D eigenvalue weighted by Crippen LogP contribution is 2.39. The molecule has 2 fully saturated rings. The van der Waals surface area contributed by atoms with Gasteiger partial charge in [-0.25, -0.2) is 4.39 Å². The lowest BCUT2D eigenvalue weighted by Gasteiger charge is -2.32. The minimum atomic E-state index is -0.585. The van der Waals surface area contributed by atoms with E-state index in [9.17, 15) is 4.39 Å². The highest BCUT2D eigenvalue weighted by Gasteiger charge is 2.52. The lowest BCUT2D eigenvalue weighted by molar-refractivity contribution is 0.00578. The van der Waals surface area contributed by atoms with Crippen LogP contribution in [0.15, 0.2) is 12.1 Å². The third-order valence-corrected chi connectivity index (χ3v) is 4.32. The SMILES string of the molecule is CC1(C)OB(c2cc(F)cc(C3CC3)n2)OC1(C)C. The van der Waals surface area contributed by atoms with Crippen molar-refractivity contribution in [2.75, 3.05) is 0 Å². The maximum absolute atomic E-state index is 13.7. The first-order valence-electron chi connectivity index (χ1n) is 6.81. The van der Waals surface area contributed by atoms with Gasteiger partial charge in [0.05, 0.1) is 16.8 Å². The van der Waals surface area contributed by atoms with E-state index in [1.54, 1.807) is 0 Å². The Morgan fingerprint density at radius 3 is 2.26 bits per heavy atom. The molecule has 5 heteroatoms. The summed E-state index contributed by atoms with van der Waals surface area (Å²) in [5.74, 6) is 0.151. The third kappa shape index (κ3) is 2.30. The summed E-state index contributed by atoms with van der Waals surface area (Å²) < 4.78 is 25.5. The predicted octanol–water partition coefficient (Wildman–Crippen LogP) is 2.40. The Morgan fingerprint density at radius 1 is 1.16 bits per heavy atom. The summed E-state index contributed by atoms with van der Waals surface area (Å²) in [4.78, 5) is 4.52. The molecule has 3 nitrogen and oxygen atoms in total. The Morgan fingerprint density at radius 2 is 1.74 bits per heavy atom. The molecular weight excluding hydrogens is 244 g/mol. The molecule has 2 heterocycles. The van der Waals surface area contributed by atoms with E-state index in [1.807, 2.05) is 27.7 Å². The number of rotatable bonds is 2. The van der Waals surface area contributed by atoms with Crippen molar-refractivity contribution >= 4 is 12.7 Å². The molecule has 0 unspecified atom stereocenters. The van der Waals surface area contributed by atoms with Gasteiger partial charge in [-0.1, -0.05) is 0 Å². The highest BCUT2D eigenvalue weighted by atomic mass is 19.1. The minimum Gasteiger partial charge on any atom is -0.398 e. The molecule has 0 radical (unpaired) electrons. The molecule has 1 aromatic rings. The van der Waals surface area contributed by atoms with Gasteiger partial charge < -0.3 is 9.31 Å². The van der Waals surface area contributed by atoms with E-state index in [0.717, 1.165) is 18.5 Å². The second-order valence-corrected chi connectivity index (χ2v) is 6.50. The molecule has 2 aliphatic rings. The third-order valence-electron chi connectivity index (χ3n) is 4.32. The largest absolute Gasteiger partial charge is 0.514 e. The van der Waals surface area contributed by atoms with Crippen LogP contribution in [-0.4, -0.2) is 23.3 Å². The molecule has 1 saturated carbocycles. The summed E-state index contributed by atoms with van der Waals surface area (Å²) in [6.07, 6.45) is 2.19. The minimum absolute atomic E-state index is 0.262. The van der Waals surface area contributed by atoms with Gasteiger partial charge in [0, 0.05) is 11.6 Å². The molecule has 0 spiro atoms. The summed E-state index contributed by atoms with van der Waals surface area (Å²) in [6.45, 7) is 7.92. The van der Waals surface area contributed by atoms with Crippen molar-refractivity contribution in [3.8, 4) is 0 Å². The first-order chi connectivity index (χ1) is 8.78. The van der Waals surface area contributed by atoms with Crippen LogP contribution in [-0.2, 0) is 9.31 Å². The lowest BCUT2D eigenvalue weighted by Crippen LogP contribution is -2.41. The Bertz CT molecular complexity index is 498. The topological polar surface area (TPSA) is 31.4 Å². The van der Waals surface area contributed by atoms with Crippen LogP contribution in [0.2, 0.25) is 0 Å². The fourth-order valence-corrected chi connectivity index (χ4v) is 2.21. The van der Waals surface area contributed by atoms with E-state index < -0.39 is 18.3 Å². The zero-order valence-corrected chi connectivity index (χ0v) is 11.9. The molecule has 0 aromatic carbocycles. The summed E-state index contributed by atoms with van der Waals surface area (Å²) in [5.41, 5.74) is 0.516. The van der Waals surface area contributed by atoms with Crippen LogP contribution in [0.1, 0.15) is 52.1 Å². The summed E-state index contributed by atoms with van der Waals surface area (Å²) >= 11 is 0. The standard InChI is InChI=1S/C14H19BFNO2/c1-13(2)14(3,4)19-15(18-13)12-8-10(16)7-11(17-12)9-5-6-9/h7-9H,5-6H2,1-4H3. The Balaban J connectivity index is 1.91. The zero-order valence-electron chi connectivity index (χ0n) is 11.9. The molecule has 1 aliphatic heterocycles. The van der Waals surface area contributed by atoms with E-state index in [-0.39, 0.29) is 5.82 Å². The second kappa shape index (κ2) is 4.03. The zero-order chi connectivity index (χ0) is 13.8. The van der Waals surface area contributed by atoms with Gasteiger partial charge in [-0.05, 0) is 52.7 Å². The maximum Gasteiger partial charge on any atom is 0.514 e. The molecule has 1 aromatic heterocycles. The quantitative estimate of drug-likeness (QED) is 0.768. The molecule has 0 atom stereocenters. The summed E-state index contributed by atoms with van der Waals surface area (Å²) in [7, 11) is -0.585. The maximum atomic E-state index is 13.7. The van der Waals surface area contributed by atoms with Crippen LogP contribution >= 0.6 is 0 Å². The fraction of sp³-hybridized carbons (Fsp3) is 0.643. The molecule has 0 N–H and O–H groups in total. The fourth-order valence-electron chi connectivity index (χ4n) is 2.21. The number of hydrogen-bond acceptors (Lipinski definition) is 3. The van der Waals surface area contributed by atoms with Gasteiger partial charge in [-0.2, -0.15) is 0 Å². The molecule has 0 amide bonds. The molecular formula is C14H19BFNO2. The van der Waals surface area contributed by atoms with E-state index in [0.29, 0.717) is 11.5 Å². The van der Waals surface area contributed by atoms with Gasteiger partial charge in [0.2, 0.25) is 0 Å². The van der Waals surface area contributed by atoms with Crippen LogP contribution < -0.4 is 5.59 Å². The van der Waals surface area contributed by atoms with Crippen molar-refractivity contribution in [2.24, 2.45) is 0 Å². The molecule has 0 bridgehead atoms. The van der Waals surface area contributed by atoms with Crippen molar-refractivity contribution in [1.82, 2.24) is 4.98 Å². The van der Waals surface area contributed by atoms with Gasteiger partial charge in [-0.3, -0.25) is 4.98 Å². The van der Waals surface area contributed by atoms with Crippen LogP contribution in [0, 0.1) is 5.82 Å². The number of halogens is 1. The van der Waals surface area contributed by atoms with Crippen LogP contribution in [0.5, 0.6) is 0 Å². The van der Waals surface area contributed by atoms with Crippen LogP contribution in [0.3, 0.4) is 0 Å². The predicted molar refractivity (Wildman–Crippen MR) is 71.9 cm³/mol. The van der Waals surface area contributed by atoms with Gasteiger partial charge in [-0.15, -0.1) is 0 Å². The highest BCUT2D eigenvalue weighted by molar-refractivity contribution is 6.61. The van der Waals surface area contributed by atoms with Crippen molar-refractivity contribution in [3.63, 3.8) is 0 Å². The number of hydrogen-bond donors (Lipinski definition) is 0. The van der Waals surface area contributed by atoms with E-state index in [2.05, 4.69) is 4.98 Å². The Labute approximate surface area is 113 Å². The number of nitrogens with zero attached hydrogens (tertiary/aromatic N) is 1. The van der Waals surface area contributed by atoms with Crippen molar-refractivity contribution in [3.05, 3.63) is 23.6 Å².